The minimum Gasteiger partial charge on any atom is -0.506 e. The summed E-state index contributed by atoms with van der Waals surface area (Å²) in [5.41, 5.74) is 7.53. The van der Waals surface area contributed by atoms with Gasteiger partial charge in [-0.3, -0.25) is 15.2 Å². The van der Waals surface area contributed by atoms with Gasteiger partial charge in [0.2, 0.25) is 0 Å². The molecule has 1 amide bonds. The molecule has 6 N–H and O–H groups in total. The van der Waals surface area contributed by atoms with E-state index >= 15 is 0 Å². The van der Waals surface area contributed by atoms with Crippen molar-refractivity contribution in [2.24, 2.45) is 5.73 Å². The van der Waals surface area contributed by atoms with Crippen molar-refractivity contribution < 1.29 is 15.0 Å². The van der Waals surface area contributed by atoms with Gasteiger partial charge in [-0.1, -0.05) is 12.1 Å². The number of rotatable bonds is 5. The monoisotopic (exact) mass is 314 g/mol. The van der Waals surface area contributed by atoms with E-state index in [0.717, 1.165) is 0 Å². The number of aromatic nitrogens is 1. The molecule has 0 bridgehead atoms. The molecule has 2 aromatic rings. The van der Waals surface area contributed by atoms with E-state index in [4.69, 9.17) is 11.1 Å². The number of nitrogens with two attached hydrogens (primary N) is 1. The number of carbonyl (C=O) groups excluding carboxylic acids is 1. The molecule has 0 aliphatic rings. The van der Waals surface area contributed by atoms with E-state index in [0.29, 0.717) is 27.9 Å². The van der Waals surface area contributed by atoms with Crippen LogP contribution in [0.3, 0.4) is 0 Å². The number of amides is 1. The van der Waals surface area contributed by atoms with Gasteiger partial charge in [-0.15, -0.1) is 0 Å². The lowest BCUT2D eigenvalue weighted by atomic mass is 10.1. The van der Waals surface area contributed by atoms with Crippen LogP contribution in [0.5, 0.6) is 5.75 Å². The number of hydrogen-bond acceptors (Lipinski definition) is 5. The Bertz CT molecular complexity index is 759. The van der Waals surface area contributed by atoms with Gasteiger partial charge in [-0.05, 0) is 24.6 Å². The number of aromatic hydroxyl groups is 1. The molecule has 0 saturated carbocycles. The number of carbonyl (C=O) groups is 1. The molecule has 0 spiro atoms. The molecule has 0 atom stereocenters. The minimum absolute atomic E-state index is 0.0715. The molecule has 7 nitrogen and oxygen atoms in total. The zero-order valence-electron chi connectivity index (χ0n) is 12.6. The van der Waals surface area contributed by atoms with Gasteiger partial charge in [0.25, 0.3) is 5.91 Å². The summed E-state index contributed by atoms with van der Waals surface area (Å²) in [6.45, 7) is 1.39. The van der Waals surface area contributed by atoms with E-state index in [1.165, 1.54) is 12.3 Å². The van der Waals surface area contributed by atoms with Crippen molar-refractivity contribution in [1.29, 1.82) is 5.41 Å². The Hall–Kier alpha value is -2.93. The van der Waals surface area contributed by atoms with Gasteiger partial charge in [0, 0.05) is 29.4 Å². The topological polar surface area (TPSA) is 132 Å². The predicted octanol–water partition coefficient (Wildman–Crippen LogP) is 0.802. The van der Waals surface area contributed by atoms with Gasteiger partial charge < -0.3 is 21.3 Å². The summed E-state index contributed by atoms with van der Waals surface area (Å²) in [6.07, 6.45) is 1.51. The molecule has 0 radical (unpaired) electrons. The molecule has 0 aliphatic carbocycles. The van der Waals surface area contributed by atoms with Crippen LogP contribution < -0.4 is 11.1 Å². The summed E-state index contributed by atoms with van der Waals surface area (Å²) in [6, 6.07) is 6.42. The van der Waals surface area contributed by atoms with Crippen LogP contribution in [0.25, 0.3) is 0 Å². The van der Waals surface area contributed by atoms with Crippen LogP contribution in [-0.4, -0.2) is 26.9 Å². The van der Waals surface area contributed by atoms with Crippen molar-refractivity contribution >= 4 is 11.7 Å². The van der Waals surface area contributed by atoms with Crippen LogP contribution in [-0.2, 0) is 13.2 Å². The Morgan fingerprint density at radius 3 is 2.74 bits per heavy atom. The lowest BCUT2D eigenvalue weighted by Crippen LogP contribution is -2.24. The van der Waals surface area contributed by atoms with Crippen molar-refractivity contribution in [3.8, 4) is 5.75 Å². The Morgan fingerprint density at radius 2 is 2.09 bits per heavy atom. The van der Waals surface area contributed by atoms with Crippen LogP contribution in [0.1, 0.15) is 32.7 Å². The number of nitrogens with one attached hydrogen (secondary N) is 2. The standard InChI is InChI=1S/C16H18N4O3/c1-9-14(22)13(8-21)12(6-19-9)7-20-16(23)11-4-2-3-10(5-11)15(17)18/h2-6,21-22H,7-8H2,1H3,(H3,17,18)(H,20,23). The Balaban J connectivity index is 2.15. The van der Waals surface area contributed by atoms with Gasteiger partial charge >= 0.3 is 0 Å². The minimum atomic E-state index is -0.350. The highest BCUT2D eigenvalue weighted by Gasteiger charge is 2.13. The summed E-state index contributed by atoms with van der Waals surface area (Å²) in [5, 5.41) is 29.3. The number of amidine groups is 1. The molecule has 0 saturated heterocycles. The van der Waals surface area contributed by atoms with Crippen molar-refractivity contribution in [2.75, 3.05) is 0 Å². The molecular formula is C16H18N4O3. The SMILES string of the molecule is Cc1ncc(CNC(=O)c2cccc(C(=N)N)c2)c(CO)c1O. The highest BCUT2D eigenvalue weighted by atomic mass is 16.3. The lowest BCUT2D eigenvalue weighted by Gasteiger charge is -2.12. The summed E-state index contributed by atoms with van der Waals surface area (Å²) in [7, 11) is 0. The third-order valence-corrected chi connectivity index (χ3v) is 3.46. The molecular weight excluding hydrogens is 296 g/mol. The van der Waals surface area contributed by atoms with E-state index in [9.17, 15) is 15.0 Å². The predicted molar refractivity (Wildman–Crippen MR) is 85.2 cm³/mol. The Labute approximate surface area is 133 Å². The molecule has 7 heteroatoms. The smallest absolute Gasteiger partial charge is 0.251 e. The molecule has 0 fully saturated rings. The first-order chi connectivity index (χ1) is 10.9. The Morgan fingerprint density at radius 1 is 1.39 bits per heavy atom. The Kier molecular flexibility index (Phi) is 4.92. The van der Waals surface area contributed by atoms with Crippen LogP contribution in [0, 0.1) is 12.3 Å². The first-order valence-corrected chi connectivity index (χ1v) is 6.94. The van der Waals surface area contributed by atoms with Gasteiger partial charge in [0.1, 0.15) is 11.6 Å². The van der Waals surface area contributed by atoms with Crippen LogP contribution in [0.2, 0.25) is 0 Å². The van der Waals surface area contributed by atoms with Crippen LogP contribution in [0.4, 0.5) is 0 Å². The first kappa shape index (κ1) is 16.4. The zero-order valence-corrected chi connectivity index (χ0v) is 12.6. The second kappa shape index (κ2) is 6.89. The number of benzene rings is 1. The number of aliphatic hydroxyl groups excluding tert-OH is 1. The molecule has 0 aliphatic heterocycles. The second-order valence-corrected chi connectivity index (χ2v) is 5.03. The second-order valence-electron chi connectivity index (χ2n) is 5.03. The third-order valence-electron chi connectivity index (χ3n) is 3.46. The summed E-state index contributed by atoms with van der Waals surface area (Å²) < 4.78 is 0. The summed E-state index contributed by atoms with van der Waals surface area (Å²) >= 11 is 0. The largest absolute Gasteiger partial charge is 0.506 e. The highest BCUT2D eigenvalue weighted by molar-refractivity contribution is 6.00. The average molecular weight is 314 g/mol. The van der Waals surface area contributed by atoms with Crippen LogP contribution >= 0.6 is 0 Å². The first-order valence-electron chi connectivity index (χ1n) is 6.94. The quantitative estimate of drug-likeness (QED) is 0.411. The maximum Gasteiger partial charge on any atom is 0.251 e. The number of nitrogens with zero attached hydrogens (tertiary/aromatic N) is 1. The van der Waals surface area contributed by atoms with Crippen molar-refractivity contribution in [3.63, 3.8) is 0 Å². The fraction of sp³-hybridized carbons (Fsp3) is 0.188. The summed E-state index contributed by atoms with van der Waals surface area (Å²) in [4.78, 5) is 16.2. The normalized spacial score (nSPS) is 10.3. The maximum atomic E-state index is 12.2. The number of aliphatic hydroxyl groups is 1. The molecule has 1 aromatic carbocycles. The van der Waals surface area contributed by atoms with E-state index < -0.39 is 0 Å². The van der Waals surface area contributed by atoms with E-state index in [1.807, 2.05) is 0 Å². The fourth-order valence-electron chi connectivity index (χ4n) is 2.12. The van der Waals surface area contributed by atoms with Gasteiger partial charge in [-0.2, -0.15) is 0 Å². The van der Waals surface area contributed by atoms with Crippen molar-refractivity contribution in [1.82, 2.24) is 10.3 Å². The van der Waals surface area contributed by atoms with Gasteiger partial charge in [-0.25, -0.2) is 0 Å². The van der Waals surface area contributed by atoms with Gasteiger partial charge in [0.05, 0.1) is 12.3 Å². The van der Waals surface area contributed by atoms with Gasteiger partial charge in [0.15, 0.2) is 0 Å². The van der Waals surface area contributed by atoms with E-state index in [1.54, 1.807) is 25.1 Å². The third kappa shape index (κ3) is 3.64. The maximum absolute atomic E-state index is 12.2. The number of pyridine rings is 1. The molecule has 1 aromatic heterocycles. The molecule has 120 valence electrons. The number of hydrogen-bond donors (Lipinski definition) is 5. The van der Waals surface area contributed by atoms with Crippen LogP contribution in [0.15, 0.2) is 30.5 Å². The van der Waals surface area contributed by atoms with E-state index in [2.05, 4.69) is 10.3 Å². The summed E-state index contributed by atoms with van der Waals surface area (Å²) in [5.74, 6) is -0.537. The fourth-order valence-corrected chi connectivity index (χ4v) is 2.12. The number of nitrogen functional groups attached to an aromatic ring is 1. The molecule has 1 heterocycles. The highest BCUT2D eigenvalue weighted by Crippen LogP contribution is 2.23. The zero-order chi connectivity index (χ0) is 17.0. The number of aryl methyl sites for hydroxylation is 1. The lowest BCUT2D eigenvalue weighted by molar-refractivity contribution is 0.0950. The van der Waals surface area contributed by atoms with E-state index in [-0.39, 0.29) is 30.6 Å². The molecule has 2 rings (SSSR count). The molecule has 23 heavy (non-hydrogen) atoms. The van der Waals surface area contributed by atoms with Crippen molar-refractivity contribution in [3.05, 3.63) is 58.4 Å². The molecule has 0 unspecified atom stereocenters. The van der Waals surface area contributed by atoms with Crippen molar-refractivity contribution in [2.45, 2.75) is 20.1 Å². The average Bonchev–Trinajstić information content (AvgIpc) is 2.55.